The Morgan fingerprint density at radius 1 is 1.42 bits per heavy atom. The highest BCUT2D eigenvalue weighted by Gasteiger charge is 2.41. The van der Waals surface area contributed by atoms with Gasteiger partial charge in [-0.2, -0.15) is 0 Å². The zero-order valence-electron chi connectivity index (χ0n) is 11.8. The number of hydrogen-bond acceptors (Lipinski definition) is 3. The second-order valence-electron chi connectivity index (χ2n) is 5.00. The van der Waals surface area contributed by atoms with Gasteiger partial charge >= 0.3 is 5.97 Å². The van der Waals surface area contributed by atoms with Gasteiger partial charge in [-0.25, -0.2) is 4.39 Å². The molecular formula is C15H22FNO2. The highest BCUT2D eigenvalue weighted by molar-refractivity contribution is 5.83. The lowest BCUT2D eigenvalue weighted by Crippen LogP contribution is -2.45. The molecule has 2 atom stereocenters. The minimum atomic E-state index is -0.891. The molecule has 0 saturated carbocycles. The number of carbonyl (C=O) groups is 1. The summed E-state index contributed by atoms with van der Waals surface area (Å²) in [6.45, 7) is 4.28. The molecule has 0 spiro atoms. The van der Waals surface area contributed by atoms with Crippen molar-refractivity contribution in [2.24, 2.45) is 11.7 Å². The van der Waals surface area contributed by atoms with Crippen LogP contribution in [0.25, 0.3) is 0 Å². The van der Waals surface area contributed by atoms with Crippen molar-refractivity contribution in [3.63, 3.8) is 0 Å². The van der Waals surface area contributed by atoms with E-state index in [0.717, 1.165) is 6.42 Å². The van der Waals surface area contributed by atoms with E-state index in [-0.39, 0.29) is 18.3 Å². The normalized spacial score (nSPS) is 15.6. The standard InChI is InChI=1S/C15H22FNO2/c1-4-11(2)9-15(10-17,14(18)19-3)12-5-7-13(16)8-6-12/h5-8,11H,4,9-10,17H2,1-3H3. The number of methoxy groups -OCH3 is 1. The molecule has 0 saturated heterocycles. The first kappa shape index (κ1) is 15.6. The van der Waals surface area contributed by atoms with Gasteiger partial charge in [-0.1, -0.05) is 32.4 Å². The number of nitrogens with two attached hydrogens (primary N) is 1. The van der Waals surface area contributed by atoms with Crippen molar-refractivity contribution in [3.8, 4) is 0 Å². The van der Waals surface area contributed by atoms with E-state index >= 15 is 0 Å². The van der Waals surface area contributed by atoms with Gasteiger partial charge in [-0.15, -0.1) is 0 Å². The van der Waals surface area contributed by atoms with E-state index in [9.17, 15) is 9.18 Å². The van der Waals surface area contributed by atoms with E-state index in [1.54, 1.807) is 12.1 Å². The maximum Gasteiger partial charge on any atom is 0.317 e. The van der Waals surface area contributed by atoms with Crippen LogP contribution in [0.2, 0.25) is 0 Å². The first-order chi connectivity index (χ1) is 9.00. The number of esters is 1. The van der Waals surface area contributed by atoms with Crippen molar-refractivity contribution in [1.82, 2.24) is 0 Å². The maximum absolute atomic E-state index is 13.0. The van der Waals surface area contributed by atoms with E-state index in [0.29, 0.717) is 17.9 Å². The van der Waals surface area contributed by atoms with Crippen molar-refractivity contribution in [2.75, 3.05) is 13.7 Å². The Balaban J connectivity index is 3.23. The van der Waals surface area contributed by atoms with Crippen LogP contribution in [0.5, 0.6) is 0 Å². The van der Waals surface area contributed by atoms with Crippen LogP contribution in [0.3, 0.4) is 0 Å². The summed E-state index contributed by atoms with van der Waals surface area (Å²) < 4.78 is 18.0. The summed E-state index contributed by atoms with van der Waals surface area (Å²) in [5.74, 6) is -0.363. The minimum absolute atomic E-state index is 0.148. The van der Waals surface area contributed by atoms with Crippen LogP contribution in [0, 0.1) is 11.7 Å². The number of hydrogen-bond donors (Lipinski definition) is 1. The Kier molecular flexibility index (Phi) is 5.48. The number of carbonyl (C=O) groups excluding carboxylic acids is 1. The second-order valence-corrected chi connectivity index (χ2v) is 5.00. The first-order valence-corrected chi connectivity index (χ1v) is 6.54. The fraction of sp³-hybridized carbons (Fsp3) is 0.533. The van der Waals surface area contributed by atoms with Gasteiger partial charge in [0.1, 0.15) is 11.2 Å². The van der Waals surface area contributed by atoms with E-state index in [1.807, 2.05) is 0 Å². The second kappa shape index (κ2) is 6.66. The van der Waals surface area contributed by atoms with Gasteiger partial charge in [0.2, 0.25) is 0 Å². The van der Waals surface area contributed by atoms with Crippen molar-refractivity contribution >= 4 is 5.97 Å². The van der Waals surface area contributed by atoms with Crippen LogP contribution in [0.4, 0.5) is 4.39 Å². The molecule has 4 heteroatoms. The zero-order chi connectivity index (χ0) is 14.5. The van der Waals surface area contributed by atoms with Gasteiger partial charge in [0, 0.05) is 6.54 Å². The zero-order valence-corrected chi connectivity index (χ0v) is 11.8. The monoisotopic (exact) mass is 267 g/mol. The molecule has 0 amide bonds. The third-order valence-electron chi connectivity index (χ3n) is 3.72. The van der Waals surface area contributed by atoms with Crippen LogP contribution in [-0.4, -0.2) is 19.6 Å². The Hall–Kier alpha value is -1.42. The summed E-state index contributed by atoms with van der Waals surface area (Å²) in [5, 5.41) is 0. The average molecular weight is 267 g/mol. The van der Waals surface area contributed by atoms with Gasteiger partial charge in [-0.3, -0.25) is 4.79 Å². The number of benzene rings is 1. The molecule has 0 aliphatic carbocycles. The highest BCUT2D eigenvalue weighted by atomic mass is 19.1. The minimum Gasteiger partial charge on any atom is -0.468 e. The van der Waals surface area contributed by atoms with Gasteiger partial charge in [0.25, 0.3) is 0 Å². The molecule has 0 aliphatic heterocycles. The Labute approximate surface area is 113 Å². The molecule has 0 aliphatic rings. The Bertz CT molecular complexity index is 419. The molecule has 0 heterocycles. The molecule has 2 unspecified atom stereocenters. The molecule has 1 aromatic rings. The molecule has 1 rings (SSSR count). The molecule has 0 bridgehead atoms. The summed E-state index contributed by atoms with van der Waals surface area (Å²) in [7, 11) is 1.35. The molecule has 0 fully saturated rings. The van der Waals surface area contributed by atoms with Crippen LogP contribution in [0.1, 0.15) is 32.3 Å². The highest BCUT2D eigenvalue weighted by Crippen LogP contribution is 2.33. The SMILES string of the molecule is CCC(C)CC(CN)(C(=O)OC)c1ccc(F)cc1. The largest absolute Gasteiger partial charge is 0.468 e. The fourth-order valence-electron chi connectivity index (χ4n) is 2.31. The van der Waals surface area contributed by atoms with Gasteiger partial charge in [0.05, 0.1) is 7.11 Å². The molecule has 106 valence electrons. The molecule has 1 aromatic carbocycles. The average Bonchev–Trinajstić information content (AvgIpc) is 2.44. The number of halogens is 1. The molecule has 0 radical (unpaired) electrons. The van der Waals surface area contributed by atoms with Crippen LogP contribution < -0.4 is 5.73 Å². The van der Waals surface area contributed by atoms with Gasteiger partial charge in [0.15, 0.2) is 0 Å². The van der Waals surface area contributed by atoms with E-state index < -0.39 is 5.41 Å². The molecular weight excluding hydrogens is 245 g/mol. The van der Waals surface area contributed by atoms with Crippen molar-refractivity contribution < 1.29 is 13.9 Å². The molecule has 19 heavy (non-hydrogen) atoms. The summed E-state index contributed by atoms with van der Waals surface area (Å²) in [6, 6.07) is 5.92. The van der Waals surface area contributed by atoms with Crippen LogP contribution in [0.15, 0.2) is 24.3 Å². The van der Waals surface area contributed by atoms with E-state index in [2.05, 4.69) is 13.8 Å². The van der Waals surface area contributed by atoms with Crippen molar-refractivity contribution in [3.05, 3.63) is 35.6 Å². The molecule has 2 N–H and O–H groups in total. The van der Waals surface area contributed by atoms with Gasteiger partial charge in [-0.05, 0) is 30.0 Å². The lowest BCUT2D eigenvalue weighted by atomic mass is 9.73. The first-order valence-electron chi connectivity index (χ1n) is 6.54. The molecule has 3 nitrogen and oxygen atoms in total. The lowest BCUT2D eigenvalue weighted by Gasteiger charge is -2.32. The maximum atomic E-state index is 13.0. The quantitative estimate of drug-likeness (QED) is 0.806. The topological polar surface area (TPSA) is 52.3 Å². The third-order valence-corrected chi connectivity index (χ3v) is 3.72. The van der Waals surface area contributed by atoms with Gasteiger partial charge < -0.3 is 10.5 Å². The Morgan fingerprint density at radius 2 is 2.00 bits per heavy atom. The summed E-state index contributed by atoms with van der Waals surface area (Å²) in [6.07, 6.45) is 1.54. The van der Waals surface area contributed by atoms with Crippen LogP contribution >= 0.6 is 0 Å². The van der Waals surface area contributed by atoms with Crippen molar-refractivity contribution in [2.45, 2.75) is 32.1 Å². The summed E-state index contributed by atoms with van der Waals surface area (Å²) in [5.41, 5.74) is 5.68. The van der Waals surface area contributed by atoms with E-state index in [1.165, 1.54) is 19.2 Å². The predicted octanol–water partition coefficient (Wildman–Crippen LogP) is 2.63. The lowest BCUT2D eigenvalue weighted by molar-refractivity contribution is -0.148. The third kappa shape index (κ3) is 3.32. The fourth-order valence-corrected chi connectivity index (χ4v) is 2.31. The van der Waals surface area contributed by atoms with E-state index in [4.69, 9.17) is 10.5 Å². The Morgan fingerprint density at radius 3 is 2.42 bits per heavy atom. The molecule has 0 aromatic heterocycles. The summed E-state index contributed by atoms with van der Waals surface area (Å²) >= 11 is 0. The van der Waals surface area contributed by atoms with Crippen LogP contribution in [-0.2, 0) is 14.9 Å². The predicted molar refractivity (Wildman–Crippen MR) is 73.2 cm³/mol. The number of rotatable bonds is 6. The smallest absolute Gasteiger partial charge is 0.317 e. The number of ether oxygens (including phenoxy) is 1. The summed E-state index contributed by atoms with van der Waals surface area (Å²) in [4.78, 5) is 12.2. The van der Waals surface area contributed by atoms with Crippen molar-refractivity contribution in [1.29, 1.82) is 0 Å².